The van der Waals surface area contributed by atoms with E-state index < -0.39 is 0 Å². The Morgan fingerprint density at radius 2 is 1.95 bits per heavy atom. The van der Waals surface area contributed by atoms with Gasteiger partial charge in [-0.3, -0.25) is 0 Å². The Morgan fingerprint density at radius 3 is 2.64 bits per heavy atom. The number of ether oxygens (including phenoxy) is 2. The van der Waals surface area contributed by atoms with E-state index in [9.17, 15) is 4.39 Å². The van der Waals surface area contributed by atoms with Gasteiger partial charge in [0.15, 0.2) is 0 Å². The van der Waals surface area contributed by atoms with Crippen LogP contribution in [-0.2, 0) is 16.1 Å². The molecule has 0 N–H and O–H groups in total. The average Bonchev–Trinajstić information content (AvgIpc) is 2.93. The second kappa shape index (κ2) is 7.53. The minimum absolute atomic E-state index is 0.174. The maximum atomic E-state index is 13.6. The molecule has 2 aliphatic heterocycles. The standard InChI is InChI=1S/C18H26FNO2/c1-14-6-7-17(22-14)12-20-10-8-16(9-11-20)21-13-15-4-2-3-5-18(15)19/h2-5,14,16-17H,6-13H2,1H3. The molecule has 0 radical (unpaired) electrons. The molecule has 0 amide bonds. The topological polar surface area (TPSA) is 21.7 Å². The first-order valence-electron chi connectivity index (χ1n) is 8.43. The molecule has 0 aromatic heterocycles. The van der Waals surface area contributed by atoms with Gasteiger partial charge in [0.2, 0.25) is 0 Å². The zero-order chi connectivity index (χ0) is 15.4. The van der Waals surface area contributed by atoms with Crippen LogP contribution >= 0.6 is 0 Å². The Bertz CT molecular complexity index is 474. The van der Waals surface area contributed by atoms with Crippen molar-refractivity contribution < 1.29 is 13.9 Å². The number of rotatable bonds is 5. The zero-order valence-corrected chi connectivity index (χ0v) is 13.3. The van der Waals surface area contributed by atoms with Crippen molar-refractivity contribution in [3.05, 3.63) is 35.6 Å². The van der Waals surface area contributed by atoms with Crippen LogP contribution in [0.5, 0.6) is 0 Å². The molecule has 2 heterocycles. The van der Waals surface area contributed by atoms with Crippen LogP contribution in [0.2, 0.25) is 0 Å². The molecular formula is C18H26FNO2. The molecule has 2 saturated heterocycles. The predicted octanol–water partition coefficient (Wildman–Crippen LogP) is 3.37. The molecule has 122 valence electrons. The number of nitrogens with zero attached hydrogens (tertiary/aromatic N) is 1. The monoisotopic (exact) mass is 307 g/mol. The lowest BCUT2D eigenvalue weighted by Crippen LogP contribution is -2.41. The minimum atomic E-state index is -0.174. The summed E-state index contributed by atoms with van der Waals surface area (Å²) in [5.74, 6) is -0.174. The van der Waals surface area contributed by atoms with Gasteiger partial charge >= 0.3 is 0 Å². The Morgan fingerprint density at radius 1 is 1.18 bits per heavy atom. The van der Waals surface area contributed by atoms with Crippen LogP contribution in [0.25, 0.3) is 0 Å². The summed E-state index contributed by atoms with van der Waals surface area (Å²) in [4.78, 5) is 2.48. The Balaban J connectivity index is 1.38. The highest BCUT2D eigenvalue weighted by molar-refractivity contribution is 5.16. The lowest BCUT2D eigenvalue weighted by Gasteiger charge is -2.33. The summed E-state index contributed by atoms with van der Waals surface area (Å²) in [6, 6.07) is 6.85. The van der Waals surface area contributed by atoms with E-state index in [0.717, 1.165) is 32.5 Å². The number of piperidine rings is 1. The van der Waals surface area contributed by atoms with E-state index in [1.807, 2.05) is 6.07 Å². The van der Waals surface area contributed by atoms with Crippen molar-refractivity contribution in [2.45, 2.75) is 57.5 Å². The second-order valence-corrected chi connectivity index (χ2v) is 6.55. The lowest BCUT2D eigenvalue weighted by atomic mass is 10.1. The summed E-state index contributed by atoms with van der Waals surface area (Å²) in [6.07, 6.45) is 5.50. The second-order valence-electron chi connectivity index (χ2n) is 6.55. The normalized spacial score (nSPS) is 27.4. The van der Waals surface area contributed by atoms with Crippen molar-refractivity contribution in [3.63, 3.8) is 0 Å². The summed E-state index contributed by atoms with van der Waals surface area (Å²) < 4.78 is 25.3. The van der Waals surface area contributed by atoms with Crippen LogP contribution in [0.1, 0.15) is 38.2 Å². The fourth-order valence-corrected chi connectivity index (χ4v) is 3.39. The van der Waals surface area contributed by atoms with Crippen LogP contribution in [0, 0.1) is 5.82 Å². The maximum absolute atomic E-state index is 13.6. The van der Waals surface area contributed by atoms with Crippen molar-refractivity contribution in [1.29, 1.82) is 0 Å². The summed E-state index contributed by atoms with van der Waals surface area (Å²) in [7, 11) is 0. The molecule has 4 heteroatoms. The Hall–Kier alpha value is -0.970. The number of likely N-dealkylation sites (tertiary alicyclic amines) is 1. The molecule has 0 bridgehead atoms. The number of halogens is 1. The SMILES string of the molecule is CC1CCC(CN2CCC(OCc3ccccc3F)CC2)O1. The summed E-state index contributed by atoms with van der Waals surface area (Å²) in [5.41, 5.74) is 0.651. The van der Waals surface area contributed by atoms with Crippen LogP contribution in [0.15, 0.2) is 24.3 Å². The molecular weight excluding hydrogens is 281 g/mol. The third-order valence-corrected chi connectivity index (χ3v) is 4.75. The van der Waals surface area contributed by atoms with E-state index in [2.05, 4.69) is 11.8 Å². The van der Waals surface area contributed by atoms with Crippen molar-refractivity contribution in [1.82, 2.24) is 4.90 Å². The van der Waals surface area contributed by atoms with Crippen LogP contribution in [0.4, 0.5) is 4.39 Å². The molecule has 0 aliphatic carbocycles. The van der Waals surface area contributed by atoms with Gasteiger partial charge in [0.05, 0.1) is 24.9 Å². The molecule has 3 rings (SSSR count). The van der Waals surface area contributed by atoms with E-state index in [0.29, 0.717) is 24.4 Å². The van der Waals surface area contributed by atoms with Crippen LogP contribution in [0.3, 0.4) is 0 Å². The third-order valence-electron chi connectivity index (χ3n) is 4.75. The Labute approximate surface area is 132 Å². The molecule has 2 aliphatic rings. The van der Waals surface area contributed by atoms with Gasteiger partial charge in [0.25, 0.3) is 0 Å². The minimum Gasteiger partial charge on any atom is -0.374 e. The first-order chi connectivity index (χ1) is 10.7. The number of hydrogen-bond donors (Lipinski definition) is 0. The summed E-state index contributed by atoms with van der Waals surface area (Å²) >= 11 is 0. The summed E-state index contributed by atoms with van der Waals surface area (Å²) in [5, 5.41) is 0. The van der Waals surface area contributed by atoms with Crippen LogP contribution in [-0.4, -0.2) is 42.8 Å². The van der Waals surface area contributed by atoms with Crippen molar-refractivity contribution in [2.75, 3.05) is 19.6 Å². The molecule has 0 spiro atoms. The number of hydrogen-bond acceptors (Lipinski definition) is 3. The average molecular weight is 307 g/mol. The van der Waals surface area contributed by atoms with Crippen LogP contribution < -0.4 is 0 Å². The van der Waals surface area contributed by atoms with Gasteiger partial charge < -0.3 is 14.4 Å². The van der Waals surface area contributed by atoms with E-state index in [1.54, 1.807) is 12.1 Å². The first-order valence-corrected chi connectivity index (χ1v) is 8.43. The van der Waals surface area contributed by atoms with Gasteiger partial charge in [-0.2, -0.15) is 0 Å². The van der Waals surface area contributed by atoms with E-state index in [4.69, 9.17) is 9.47 Å². The highest BCUT2D eigenvalue weighted by Gasteiger charge is 2.26. The van der Waals surface area contributed by atoms with Gasteiger partial charge in [-0.15, -0.1) is 0 Å². The molecule has 22 heavy (non-hydrogen) atoms. The molecule has 1 aromatic rings. The van der Waals surface area contributed by atoms with Crippen molar-refractivity contribution in [3.8, 4) is 0 Å². The van der Waals surface area contributed by atoms with Gasteiger partial charge in [-0.1, -0.05) is 18.2 Å². The fraction of sp³-hybridized carbons (Fsp3) is 0.667. The predicted molar refractivity (Wildman–Crippen MR) is 84.2 cm³/mol. The lowest BCUT2D eigenvalue weighted by molar-refractivity contribution is -0.0201. The molecule has 2 unspecified atom stereocenters. The zero-order valence-electron chi connectivity index (χ0n) is 13.3. The molecule has 1 aromatic carbocycles. The molecule has 3 nitrogen and oxygen atoms in total. The number of benzene rings is 1. The summed E-state index contributed by atoms with van der Waals surface area (Å²) in [6.45, 7) is 5.68. The fourth-order valence-electron chi connectivity index (χ4n) is 3.39. The van der Waals surface area contributed by atoms with E-state index in [-0.39, 0.29) is 11.9 Å². The van der Waals surface area contributed by atoms with Gasteiger partial charge in [-0.05, 0) is 38.7 Å². The first kappa shape index (κ1) is 15.9. The Kier molecular flexibility index (Phi) is 5.45. The van der Waals surface area contributed by atoms with Gasteiger partial charge in [0, 0.05) is 25.2 Å². The molecule has 0 saturated carbocycles. The van der Waals surface area contributed by atoms with Gasteiger partial charge in [0.1, 0.15) is 5.82 Å². The highest BCUT2D eigenvalue weighted by atomic mass is 19.1. The van der Waals surface area contributed by atoms with E-state index in [1.165, 1.54) is 18.9 Å². The van der Waals surface area contributed by atoms with Crippen molar-refractivity contribution >= 4 is 0 Å². The van der Waals surface area contributed by atoms with E-state index >= 15 is 0 Å². The van der Waals surface area contributed by atoms with Gasteiger partial charge in [-0.25, -0.2) is 4.39 Å². The smallest absolute Gasteiger partial charge is 0.128 e. The highest BCUT2D eigenvalue weighted by Crippen LogP contribution is 2.22. The largest absolute Gasteiger partial charge is 0.374 e. The van der Waals surface area contributed by atoms with Crippen molar-refractivity contribution in [2.24, 2.45) is 0 Å². The third kappa shape index (κ3) is 4.28. The quantitative estimate of drug-likeness (QED) is 0.832. The molecule has 2 atom stereocenters. The molecule has 2 fully saturated rings. The maximum Gasteiger partial charge on any atom is 0.128 e.